The predicted octanol–water partition coefficient (Wildman–Crippen LogP) is 2.11. The monoisotopic (exact) mass is 238 g/mol. The van der Waals surface area contributed by atoms with Gasteiger partial charge in [0.2, 0.25) is 0 Å². The molecule has 0 radical (unpaired) electrons. The minimum absolute atomic E-state index is 0.0219. The van der Waals surface area contributed by atoms with Crippen molar-refractivity contribution in [2.75, 3.05) is 33.1 Å². The normalized spacial score (nSPS) is 11.1. The molecule has 17 heavy (non-hydrogen) atoms. The van der Waals surface area contributed by atoms with Crippen LogP contribution in [0.3, 0.4) is 0 Å². The van der Waals surface area contributed by atoms with Crippen LogP contribution in [0, 0.1) is 0 Å². The molecule has 4 nitrogen and oxygen atoms in total. The lowest BCUT2D eigenvalue weighted by molar-refractivity contribution is 0.403. The van der Waals surface area contributed by atoms with Crippen LogP contribution < -0.4 is 20.1 Å². The summed E-state index contributed by atoms with van der Waals surface area (Å²) in [6.07, 6.45) is 0. The van der Waals surface area contributed by atoms with E-state index in [1.54, 1.807) is 14.2 Å². The number of anilines is 1. The van der Waals surface area contributed by atoms with Crippen LogP contribution in [0.5, 0.6) is 11.5 Å². The Morgan fingerprint density at radius 2 is 1.88 bits per heavy atom. The van der Waals surface area contributed by atoms with Crippen LogP contribution in [-0.2, 0) is 0 Å². The van der Waals surface area contributed by atoms with E-state index >= 15 is 0 Å². The first-order valence-corrected chi connectivity index (χ1v) is 5.67. The number of likely N-dealkylation sites (N-methyl/N-ethyl adjacent to an activating group) is 1. The minimum atomic E-state index is 0.0219. The summed E-state index contributed by atoms with van der Waals surface area (Å²) in [5, 5.41) is 6.61. The van der Waals surface area contributed by atoms with Crippen LogP contribution >= 0.6 is 0 Å². The van der Waals surface area contributed by atoms with Gasteiger partial charge in [0.25, 0.3) is 0 Å². The molecule has 0 aliphatic heterocycles. The third kappa shape index (κ3) is 3.82. The Labute approximate surface area is 103 Å². The molecule has 0 atom stereocenters. The molecular formula is C13H22N2O2. The van der Waals surface area contributed by atoms with Gasteiger partial charge in [-0.15, -0.1) is 0 Å². The molecule has 0 unspecified atom stereocenters. The average molecular weight is 238 g/mol. The van der Waals surface area contributed by atoms with Gasteiger partial charge in [-0.3, -0.25) is 0 Å². The SMILES string of the molecule is CNC(C)(C)CNc1cc(OC)ccc1OC. The van der Waals surface area contributed by atoms with Gasteiger partial charge in [0, 0.05) is 18.2 Å². The average Bonchev–Trinajstić information content (AvgIpc) is 2.36. The lowest BCUT2D eigenvalue weighted by Gasteiger charge is -2.25. The van der Waals surface area contributed by atoms with Crippen molar-refractivity contribution in [3.05, 3.63) is 18.2 Å². The maximum atomic E-state index is 5.31. The molecule has 0 saturated carbocycles. The highest BCUT2D eigenvalue weighted by Gasteiger charge is 2.15. The third-order valence-corrected chi connectivity index (χ3v) is 2.80. The van der Waals surface area contributed by atoms with Crippen LogP contribution in [0.4, 0.5) is 5.69 Å². The van der Waals surface area contributed by atoms with Crippen LogP contribution in [0.25, 0.3) is 0 Å². The Balaban J connectivity index is 2.81. The summed E-state index contributed by atoms with van der Waals surface area (Å²) in [5.41, 5.74) is 0.962. The van der Waals surface area contributed by atoms with Crippen LogP contribution in [0.2, 0.25) is 0 Å². The molecular weight excluding hydrogens is 216 g/mol. The van der Waals surface area contributed by atoms with Crippen molar-refractivity contribution in [1.29, 1.82) is 0 Å². The largest absolute Gasteiger partial charge is 0.497 e. The second-order valence-electron chi connectivity index (χ2n) is 4.55. The second kappa shape index (κ2) is 5.77. The van der Waals surface area contributed by atoms with Gasteiger partial charge in [0.15, 0.2) is 0 Å². The Morgan fingerprint density at radius 1 is 1.18 bits per heavy atom. The maximum Gasteiger partial charge on any atom is 0.142 e. The summed E-state index contributed by atoms with van der Waals surface area (Å²) in [7, 11) is 5.27. The summed E-state index contributed by atoms with van der Waals surface area (Å²) < 4.78 is 10.5. The molecule has 0 aliphatic rings. The molecule has 2 N–H and O–H groups in total. The summed E-state index contributed by atoms with van der Waals surface area (Å²) in [6.45, 7) is 5.06. The zero-order valence-electron chi connectivity index (χ0n) is 11.3. The van der Waals surface area contributed by atoms with Gasteiger partial charge < -0.3 is 20.1 Å². The minimum Gasteiger partial charge on any atom is -0.497 e. The number of benzene rings is 1. The van der Waals surface area contributed by atoms with Gasteiger partial charge in [-0.1, -0.05) is 0 Å². The first-order chi connectivity index (χ1) is 8.02. The third-order valence-electron chi connectivity index (χ3n) is 2.80. The first-order valence-electron chi connectivity index (χ1n) is 5.67. The molecule has 0 aromatic heterocycles. The molecule has 4 heteroatoms. The molecule has 1 rings (SSSR count). The number of ether oxygens (including phenoxy) is 2. The van der Waals surface area contributed by atoms with E-state index in [0.29, 0.717) is 0 Å². The lowest BCUT2D eigenvalue weighted by Crippen LogP contribution is -2.42. The topological polar surface area (TPSA) is 42.5 Å². The molecule has 1 aromatic carbocycles. The van der Waals surface area contributed by atoms with Crippen LogP contribution in [-0.4, -0.2) is 33.4 Å². The molecule has 0 heterocycles. The van der Waals surface area contributed by atoms with Gasteiger partial charge in [0.1, 0.15) is 11.5 Å². The standard InChI is InChI=1S/C13H22N2O2/c1-13(2,14-3)9-15-11-8-10(16-4)6-7-12(11)17-5/h6-8,14-15H,9H2,1-5H3. The summed E-state index contributed by atoms with van der Waals surface area (Å²) in [6, 6.07) is 5.71. The molecule has 1 aromatic rings. The fourth-order valence-corrected chi connectivity index (χ4v) is 1.36. The van der Waals surface area contributed by atoms with Crippen molar-refractivity contribution < 1.29 is 9.47 Å². The van der Waals surface area contributed by atoms with E-state index in [-0.39, 0.29) is 5.54 Å². The number of hydrogen-bond donors (Lipinski definition) is 2. The fraction of sp³-hybridized carbons (Fsp3) is 0.538. The molecule has 0 aliphatic carbocycles. The number of rotatable bonds is 6. The fourth-order valence-electron chi connectivity index (χ4n) is 1.36. The van der Waals surface area contributed by atoms with Crippen molar-refractivity contribution >= 4 is 5.69 Å². The van der Waals surface area contributed by atoms with E-state index < -0.39 is 0 Å². The van der Waals surface area contributed by atoms with E-state index in [1.807, 2.05) is 25.2 Å². The Bertz CT molecular complexity index is 364. The summed E-state index contributed by atoms with van der Waals surface area (Å²) in [5.74, 6) is 1.63. The zero-order chi connectivity index (χ0) is 12.9. The quantitative estimate of drug-likeness (QED) is 0.796. The highest BCUT2D eigenvalue weighted by molar-refractivity contribution is 5.59. The van der Waals surface area contributed by atoms with E-state index in [1.165, 1.54) is 0 Å². The zero-order valence-corrected chi connectivity index (χ0v) is 11.3. The van der Waals surface area contributed by atoms with Crippen molar-refractivity contribution in [2.45, 2.75) is 19.4 Å². The van der Waals surface area contributed by atoms with Gasteiger partial charge >= 0.3 is 0 Å². The van der Waals surface area contributed by atoms with E-state index in [9.17, 15) is 0 Å². The van der Waals surface area contributed by atoms with E-state index in [4.69, 9.17) is 9.47 Å². The summed E-state index contributed by atoms with van der Waals surface area (Å²) >= 11 is 0. The molecule has 0 saturated heterocycles. The van der Waals surface area contributed by atoms with Crippen molar-refractivity contribution in [2.24, 2.45) is 0 Å². The van der Waals surface area contributed by atoms with Crippen LogP contribution in [0.15, 0.2) is 18.2 Å². The highest BCUT2D eigenvalue weighted by atomic mass is 16.5. The molecule has 0 bridgehead atoms. The Morgan fingerprint density at radius 3 is 2.41 bits per heavy atom. The Hall–Kier alpha value is -1.42. The van der Waals surface area contributed by atoms with Gasteiger partial charge in [-0.05, 0) is 33.0 Å². The number of nitrogens with one attached hydrogen (secondary N) is 2. The second-order valence-corrected chi connectivity index (χ2v) is 4.55. The number of methoxy groups -OCH3 is 2. The van der Waals surface area contributed by atoms with E-state index in [0.717, 1.165) is 23.7 Å². The van der Waals surface area contributed by atoms with Crippen molar-refractivity contribution in [3.8, 4) is 11.5 Å². The predicted molar refractivity (Wildman–Crippen MR) is 71.2 cm³/mol. The highest BCUT2D eigenvalue weighted by Crippen LogP contribution is 2.29. The van der Waals surface area contributed by atoms with E-state index in [2.05, 4.69) is 24.5 Å². The molecule has 0 spiro atoms. The van der Waals surface area contributed by atoms with Crippen molar-refractivity contribution in [1.82, 2.24) is 5.32 Å². The first kappa shape index (κ1) is 13.6. The number of hydrogen-bond acceptors (Lipinski definition) is 4. The van der Waals surface area contributed by atoms with Crippen molar-refractivity contribution in [3.63, 3.8) is 0 Å². The van der Waals surface area contributed by atoms with Gasteiger partial charge in [-0.25, -0.2) is 0 Å². The molecule has 0 amide bonds. The summed E-state index contributed by atoms with van der Waals surface area (Å²) in [4.78, 5) is 0. The molecule has 0 fully saturated rings. The lowest BCUT2D eigenvalue weighted by atomic mass is 10.1. The van der Waals surface area contributed by atoms with Gasteiger partial charge in [0.05, 0.1) is 19.9 Å². The molecule has 96 valence electrons. The van der Waals surface area contributed by atoms with Gasteiger partial charge in [-0.2, -0.15) is 0 Å². The maximum absolute atomic E-state index is 5.31. The van der Waals surface area contributed by atoms with Crippen LogP contribution in [0.1, 0.15) is 13.8 Å². The smallest absolute Gasteiger partial charge is 0.142 e. The Kier molecular flexibility index (Phi) is 4.63.